The van der Waals surface area contributed by atoms with Gasteiger partial charge in [0.25, 0.3) is 5.69 Å². The number of nitro benzene ring substituents is 1. The Morgan fingerprint density at radius 1 is 1.47 bits per heavy atom. The molecule has 0 aliphatic heterocycles. The zero-order chi connectivity index (χ0) is 14.8. The van der Waals surface area contributed by atoms with E-state index >= 15 is 0 Å². The molecule has 106 valence electrons. The van der Waals surface area contributed by atoms with Crippen molar-refractivity contribution in [3.8, 4) is 0 Å². The molecule has 1 aromatic carbocycles. The maximum atomic E-state index is 12.0. The molecule has 0 aliphatic rings. The van der Waals surface area contributed by atoms with Gasteiger partial charge in [0.1, 0.15) is 0 Å². The minimum atomic E-state index is -3.74. The van der Waals surface area contributed by atoms with Crippen LogP contribution in [0.15, 0.2) is 27.6 Å². The van der Waals surface area contributed by atoms with Crippen molar-refractivity contribution < 1.29 is 13.3 Å². The van der Waals surface area contributed by atoms with Gasteiger partial charge in [-0.05, 0) is 41.9 Å². The Labute approximate surface area is 119 Å². The van der Waals surface area contributed by atoms with E-state index in [0.717, 1.165) is 6.07 Å². The van der Waals surface area contributed by atoms with Crippen LogP contribution in [-0.4, -0.2) is 25.4 Å². The van der Waals surface area contributed by atoms with Crippen LogP contribution in [-0.2, 0) is 10.0 Å². The van der Waals surface area contributed by atoms with Crippen molar-refractivity contribution in [2.45, 2.75) is 24.3 Å². The first-order chi connectivity index (χ1) is 8.53. The average Bonchev–Trinajstić information content (AvgIpc) is 2.25. The molecule has 0 unspecified atom stereocenters. The summed E-state index contributed by atoms with van der Waals surface area (Å²) in [6, 6.07) is 3.49. The predicted octanol–water partition coefficient (Wildman–Crippen LogP) is 1.37. The molecule has 7 nitrogen and oxygen atoms in total. The molecule has 0 saturated heterocycles. The number of rotatable bonds is 5. The van der Waals surface area contributed by atoms with Crippen molar-refractivity contribution in [3.63, 3.8) is 0 Å². The third kappa shape index (κ3) is 4.53. The van der Waals surface area contributed by atoms with Gasteiger partial charge in [-0.15, -0.1) is 0 Å². The number of hydrogen-bond donors (Lipinski definition) is 2. The number of halogens is 1. The molecule has 0 saturated carbocycles. The lowest BCUT2D eigenvalue weighted by atomic mass is 10.1. The molecule has 0 amide bonds. The number of nitrogens with two attached hydrogens (primary N) is 1. The minimum Gasteiger partial charge on any atom is -0.324 e. The lowest BCUT2D eigenvalue weighted by Crippen LogP contribution is -2.45. The predicted molar refractivity (Wildman–Crippen MR) is 74.3 cm³/mol. The number of nitro groups is 1. The fourth-order valence-electron chi connectivity index (χ4n) is 1.17. The summed E-state index contributed by atoms with van der Waals surface area (Å²) in [7, 11) is -3.74. The highest BCUT2D eigenvalue weighted by molar-refractivity contribution is 9.10. The molecule has 0 spiro atoms. The van der Waals surface area contributed by atoms with Gasteiger partial charge >= 0.3 is 0 Å². The van der Waals surface area contributed by atoms with E-state index in [1.54, 1.807) is 13.8 Å². The Morgan fingerprint density at radius 3 is 2.47 bits per heavy atom. The number of hydrogen-bond acceptors (Lipinski definition) is 5. The van der Waals surface area contributed by atoms with Crippen LogP contribution < -0.4 is 10.5 Å². The van der Waals surface area contributed by atoms with Gasteiger partial charge < -0.3 is 5.73 Å². The van der Waals surface area contributed by atoms with Crippen molar-refractivity contribution in [1.29, 1.82) is 0 Å². The molecular formula is C10H14BrN3O4S. The van der Waals surface area contributed by atoms with Gasteiger partial charge in [0, 0.05) is 18.2 Å². The third-order valence-corrected chi connectivity index (χ3v) is 4.18. The summed E-state index contributed by atoms with van der Waals surface area (Å²) >= 11 is 2.97. The van der Waals surface area contributed by atoms with Crippen LogP contribution in [0.3, 0.4) is 0 Å². The molecule has 0 bridgehead atoms. The van der Waals surface area contributed by atoms with Crippen LogP contribution in [0.25, 0.3) is 0 Å². The number of nitrogens with one attached hydrogen (secondary N) is 1. The largest absolute Gasteiger partial charge is 0.324 e. The van der Waals surface area contributed by atoms with E-state index < -0.39 is 20.5 Å². The molecule has 1 rings (SSSR count). The van der Waals surface area contributed by atoms with Gasteiger partial charge in [0.15, 0.2) is 0 Å². The number of benzene rings is 1. The normalized spacial score (nSPS) is 12.4. The lowest BCUT2D eigenvalue weighted by molar-refractivity contribution is -0.385. The van der Waals surface area contributed by atoms with E-state index in [-0.39, 0.29) is 21.6 Å². The second-order valence-electron chi connectivity index (χ2n) is 4.68. The summed E-state index contributed by atoms with van der Waals surface area (Å²) in [6.07, 6.45) is 0. The van der Waals surface area contributed by atoms with Crippen LogP contribution in [0.4, 0.5) is 5.69 Å². The molecule has 0 radical (unpaired) electrons. The molecule has 0 fully saturated rings. The molecule has 19 heavy (non-hydrogen) atoms. The second-order valence-corrected chi connectivity index (χ2v) is 7.30. The minimum absolute atomic E-state index is 0.0595. The van der Waals surface area contributed by atoms with E-state index in [4.69, 9.17) is 5.73 Å². The first kappa shape index (κ1) is 16.0. The fraction of sp³-hybridized carbons (Fsp3) is 0.400. The quantitative estimate of drug-likeness (QED) is 0.613. The lowest BCUT2D eigenvalue weighted by Gasteiger charge is -2.18. The summed E-state index contributed by atoms with van der Waals surface area (Å²) in [4.78, 5) is 9.97. The molecule has 9 heteroatoms. The molecule has 1 aromatic rings. The highest BCUT2D eigenvalue weighted by atomic mass is 79.9. The standard InChI is InChI=1S/C10H14BrN3O4S/c1-10(2,12)6-13-19(17,18)7-3-4-9(14(15)16)8(11)5-7/h3-5,13H,6,12H2,1-2H3. The highest BCUT2D eigenvalue weighted by Crippen LogP contribution is 2.27. The Bertz CT molecular complexity index is 595. The fourth-order valence-corrected chi connectivity index (χ4v) is 3.09. The number of nitrogens with zero attached hydrogens (tertiary/aromatic N) is 1. The smallest absolute Gasteiger partial charge is 0.283 e. The SMILES string of the molecule is CC(C)(N)CNS(=O)(=O)c1ccc([N+](=O)[O-])c(Br)c1. The highest BCUT2D eigenvalue weighted by Gasteiger charge is 2.21. The van der Waals surface area contributed by atoms with Gasteiger partial charge in [-0.25, -0.2) is 13.1 Å². The van der Waals surface area contributed by atoms with E-state index in [0.29, 0.717) is 0 Å². The van der Waals surface area contributed by atoms with Crippen molar-refractivity contribution in [2.24, 2.45) is 5.73 Å². The molecule has 0 atom stereocenters. The van der Waals surface area contributed by atoms with Crippen molar-refractivity contribution in [1.82, 2.24) is 4.72 Å². The van der Waals surface area contributed by atoms with Gasteiger partial charge in [-0.3, -0.25) is 10.1 Å². The maximum absolute atomic E-state index is 12.0. The van der Waals surface area contributed by atoms with Crippen molar-refractivity contribution in [2.75, 3.05) is 6.54 Å². The average molecular weight is 352 g/mol. The van der Waals surface area contributed by atoms with Gasteiger partial charge in [0.05, 0.1) is 14.3 Å². The van der Waals surface area contributed by atoms with Crippen LogP contribution in [0.2, 0.25) is 0 Å². The first-order valence-corrected chi connectivity index (χ1v) is 7.53. The Hall–Kier alpha value is -1.03. The molecular weight excluding hydrogens is 338 g/mol. The summed E-state index contributed by atoms with van der Waals surface area (Å²) in [5.41, 5.74) is 4.80. The molecule has 3 N–H and O–H groups in total. The summed E-state index contributed by atoms with van der Waals surface area (Å²) in [5, 5.41) is 10.6. The van der Waals surface area contributed by atoms with Crippen LogP contribution in [0.5, 0.6) is 0 Å². The first-order valence-electron chi connectivity index (χ1n) is 5.25. The van der Waals surface area contributed by atoms with E-state index in [2.05, 4.69) is 20.7 Å². The summed E-state index contributed by atoms with van der Waals surface area (Å²) < 4.78 is 26.4. The zero-order valence-electron chi connectivity index (χ0n) is 10.4. The monoisotopic (exact) mass is 351 g/mol. The second kappa shape index (κ2) is 5.53. The zero-order valence-corrected chi connectivity index (χ0v) is 12.8. The summed E-state index contributed by atoms with van der Waals surface area (Å²) in [6.45, 7) is 3.42. The Balaban J connectivity index is 3.03. The van der Waals surface area contributed by atoms with E-state index in [9.17, 15) is 18.5 Å². The molecule has 0 aromatic heterocycles. The van der Waals surface area contributed by atoms with Gasteiger partial charge in [0.2, 0.25) is 10.0 Å². The Morgan fingerprint density at radius 2 is 2.05 bits per heavy atom. The maximum Gasteiger partial charge on any atom is 0.283 e. The summed E-state index contributed by atoms with van der Waals surface area (Å²) in [5.74, 6) is 0. The topological polar surface area (TPSA) is 115 Å². The Kier molecular flexibility index (Phi) is 4.67. The van der Waals surface area contributed by atoms with Crippen molar-refractivity contribution >= 4 is 31.6 Å². The van der Waals surface area contributed by atoms with E-state index in [1.807, 2.05) is 0 Å². The van der Waals surface area contributed by atoms with Crippen LogP contribution >= 0.6 is 15.9 Å². The number of sulfonamides is 1. The van der Waals surface area contributed by atoms with Gasteiger partial charge in [-0.2, -0.15) is 0 Å². The van der Waals surface area contributed by atoms with Crippen LogP contribution in [0.1, 0.15) is 13.8 Å². The van der Waals surface area contributed by atoms with E-state index in [1.165, 1.54) is 12.1 Å². The molecule has 0 heterocycles. The van der Waals surface area contributed by atoms with Gasteiger partial charge in [-0.1, -0.05) is 0 Å². The van der Waals surface area contributed by atoms with Crippen LogP contribution in [0, 0.1) is 10.1 Å². The van der Waals surface area contributed by atoms with Crippen molar-refractivity contribution in [3.05, 3.63) is 32.8 Å². The molecule has 0 aliphatic carbocycles. The third-order valence-electron chi connectivity index (χ3n) is 2.14.